The number of nitrogens with one attached hydrogen (secondary N) is 1. The van der Waals surface area contributed by atoms with Gasteiger partial charge in [0.2, 0.25) is 11.8 Å². The summed E-state index contributed by atoms with van der Waals surface area (Å²) in [6, 6.07) is 24.3. The van der Waals surface area contributed by atoms with E-state index in [1.807, 2.05) is 86.6 Å². The lowest BCUT2D eigenvalue weighted by Crippen LogP contribution is -2.51. The molecule has 0 spiro atoms. The van der Waals surface area contributed by atoms with Crippen LogP contribution in [0.1, 0.15) is 30.5 Å². The minimum absolute atomic E-state index is 0.121. The molecule has 0 bridgehead atoms. The fraction of sp³-hybridized carbons (Fsp3) is 0.286. The van der Waals surface area contributed by atoms with E-state index in [4.69, 9.17) is 11.6 Å². The van der Waals surface area contributed by atoms with Crippen molar-refractivity contribution in [2.75, 3.05) is 6.54 Å². The van der Waals surface area contributed by atoms with Crippen LogP contribution in [-0.4, -0.2) is 29.3 Å². The van der Waals surface area contributed by atoms with E-state index in [-0.39, 0.29) is 18.2 Å². The summed E-state index contributed by atoms with van der Waals surface area (Å²) in [5, 5.41) is 3.59. The molecule has 34 heavy (non-hydrogen) atoms. The highest BCUT2D eigenvalue weighted by molar-refractivity contribution is 9.10. The predicted octanol–water partition coefficient (Wildman–Crippen LogP) is 6.06. The molecule has 0 saturated heterocycles. The van der Waals surface area contributed by atoms with E-state index in [2.05, 4.69) is 21.2 Å². The number of halogens is 2. The normalized spacial score (nSPS) is 11.8. The smallest absolute Gasteiger partial charge is 0.243 e. The summed E-state index contributed by atoms with van der Waals surface area (Å²) in [5.41, 5.74) is 2.68. The Labute approximate surface area is 215 Å². The van der Waals surface area contributed by atoms with Crippen LogP contribution in [0.4, 0.5) is 0 Å². The number of carbonyl (C=O) groups is 2. The van der Waals surface area contributed by atoms with Gasteiger partial charge in [0.1, 0.15) is 6.04 Å². The quantitative estimate of drug-likeness (QED) is 0.339. The van der Waals surface area contributed by atoms with Gasteiger partial charge in [-0.15, -0.1) is 0 Å². The number of hydrogen-bond acceptors (Lipinski definition) is 2. The zero-order chi connectivity index (χ0) is 24.5. The maximum atomic E-state index is 13.7. The third kappa shape index (κ3) is 7.71. The lowest BCUT2D eigenvalue weighted by atomic mass is 10.0. The van der Waals surface area contributed by atoms with E-state index >= 15 is 0 Å². The summed E-state index contributed by atoms with van der Waals surface area (Å²) in [6.45, 7) is 4.96. The monoisotopic (exact) mass is 540 g/mol. The Morgan fingerprint density at radius 1 is 0.941 bits per heavy atom. The molecule has 0 aromatic heterocycles. The third-order valence-corrected chi connectivity index (χ3v) is 6.36. The maximum Gasteiger partial charge on any atom is 0.243 e. The molecule has 3 aromatic rings. The summed E-state index contributed by atoms with van der Waals surface area (Å²) in [4.78, 5) is 28.8. The van der Waals surface area contributed by atoms with Crippen LogP contribution in [-0.2, 0) is 29.0 Å². The second-order valence-electron chi connectivity index (χ2n) is 8.76. The number of nitrogens with zero attached hydrogens (tertiary/aromatic N) is 1. The Morgan fingerprint density at radius 2 is 1.62 bits per heavy atom. The molecule has 0 unspecified atom stereocenters. The highest BCUT2D eigenvalue weighted by Gasteiger charge is 2.30. The SMILES string of the molecule is CC(C)CNC(=O)[C@@H](Cc1ccccc1)N(Cc1cccc(Br)c1)C(=O)Cc1ccccc1Cl. The maximum absolute atomic E-state index is 13.7. The highest BCUT2D eigenvalue weighted by atomic mass is 79.9. The average molecular weight is 542 g/mol. The first-order valence-electron chi connectivity index (χ1n) is 11.4. The van der Waals surface area contributed by atoms with Crippen LogP contribution in [0.2, 0.25) is 5.02 Å². The highest BCUT2D eigenvalue weighted by Crippen LogP contribution is 2.21. The van der Waals surface area contributed by atoms with Crippen molar-refractivity contribution in [3.63, 3.8) is 0 Å². The Morgan fingerprint density at radius 3 is 2.29 bits per heavy atom. The van der Waals surface area contributed by atoms with Crippen LogP contribution in [0.25, 0.3) is 0 Å². The van der Waals surface area contributed by atoms with Gasteiger partial charge in [0.05, 0.1) is 6.42 Å². The summed E-state index contributed by atoms with van der Waals surface area (Å²) in [7, 11) is 0. The fourth-order valence-electron chi connectivity index (χ4n) is 3.71. The van der Waals surface area contributed by atoms with Gasteiger partial charge in [-0.2, -0.15) is 0 Å². The fourth-order valence-corrected chi connectivity index (χ4v) is 4.36. The first-order chi connectivity index (χ1) is 16.3. The molecule has 2 amide bonds. The van der Waals surface area contributed by atoms with E-state index < -0.39 is 6.04 Å². The van der Waals surface area contributed by atoms with Gasteiger partial charge in [0.15, 0.2) is 0 Å². The molecule has 4 nitrogen and oxygen atoms in total. The van der Waals surface area contributed by atoms with Crippen molar-refractivity contribution in [3.8, 4) is 0 Å². The largest absolute Gasteiger partial charge is 0.354 e. The van der Waals surface area contributed by atoms with Gasteiger partial charge in [0, 0.05) is 29.0 Å². The second kappa shape index (κ2) is 12.7. The van der Waals surface area contributed by atoms with Gasteiger partial charge in [-0.1, -0.05) is 102 Å². The Hall–Kier alpha value is -2.63. The third-order valence-electron chi connectivity index (χ3n) is 5.50. The van der Waals surface area contributed by atoms with E-state index in [9.17, 15) is 9.59 Å². The molecule has 0 fully saturated rings. The molecule has 0 aliphatic heterocycles. The minimum atomic E-state index is -0.657. The van der Waals surface area contributed by atoms with Crippen LogP contribution in [0.3, 0.4) is 0 Å². The van der Waals surface area contributed by atoms with E-state index in [0.717, 1.165) is 21.2 Å². The summed E-state index contributed by atoms with van der Waals surface area (Å²) in [6.07, 6.45) is 0.545. The van der Waals surface area contributed by atoms with E-state index in [1.54, 1.807) is 11.0 Å². The van der Waals surface area contributed by atoms with Crippen molar-refractivity contribution in [2.45, 2.75) is 39.3 Å². The van der Waals surface area contributed by atoms with E-state index in [0.29, 0.717) is 30.5 Å². The standard InChI is InChI=1S/C28H30BrClN2O2/c1-20(2)18-31-28(34)26(16-21-9-4-3-5-10-21)32(19-22-11-8-13-24(29)15-22)27(33)17-23-12-6-7-14-25(23)30/h3-15,20,26H,16-19H2,1-2H3,(H,31,34)/t26-/m1/s1. The summed E-state index contributed by atoms with van der Waals surface area (Å²) >= 11 is 9.87. The molecule has 1 N–H and O–H groups in total. The molecule has 3 rings (SSSR count). The van der Waals surface area contributed by atoms with Gasteiger partial charge < -0.3 is 10.2 Å². The number of benzene rings is 3. The van der Waals surface area contributed by atoms with Gasteiger partial charge >= 0.3 is 0 Å². The molecule has 1 atom stereocenters. The van der Waals surface area contributed by atoms with Crippen LogP contribution >= 0.6 is 27.5 Å². The predicted molar refractivity (Wildman–Crippen MR) is 142 cm³/mol. The molecular weight excluding hydrogens is 512 g/mol. The van der Waals surface area contributed by atoms with Crippen LogP contribution < -0.4 is 5.32 Å². The molecule has 0 heterocycles. The van der Waals surface area contributed by atoms with Crippen molar-refractivity contribution in [1.29, 1.82) is 0 Å². The first kappa shape index (κ1) is 26.0. The number of rotatable bonds is 10. The molecule has 0 radical (unpaired) electrons. The van der Waals surface area contributed by atoms with Crippen molar-refractivity contribution in [1.82, 2.24) is 10.2 Å². The number of carbonyl (C=O) groups excluding carboxylic acids is 2. The molecule has 6 heteroatoms. The number of hydrogen-bond donors (Lipinski definition) is 1. The van der Waals surface area contributed by atoms with Gasteiger partial charge in [0.25, 0.3) is 0 Å². The summed E-state index contributed by atoms with van der Waals surface area (Å²) < 4.78 is 0.923. The van der Waals surface area contributed by atoms with Crippen LogP contribution in [0.5, 0.6) is 0 Å². The Bertz CT molecular complexity index is 1100. The van der Waals surface area contributed by atoms with Gasteiger partial charge in [-0.3, -0.25) is 9.59 Å². The Kier molecular flexibility index (Phi) is 9.73. The van der Waals surface area contributed by atoms with E-state index in [1.165, 1.54) is 0 Å². The molecule has 3 aromatic carbocycles. The number of amides is 2. The molecular formula is C28H30BrClN2O2. The topological polar surface area (TPSA) is 49.4 Å². The minimum Gasteiger partial charge on any atom is -0.354 e. The van der Waals surface area contributed by atoms with Crippen molar-refractivity contribution >= 4 is 39.3 Å². The average Bonchev–Trinajstić information content (AvgIpc) is 2.82. The van der Waals surface area contributed by atoms with Crippen molar-refractivity contribution < 1.29 is 9.59 Å². The lowest BCUT2D eigenvalue weighted by molar-refractivity contribution is -0.140. The first-order valence-corrected chi connectivity index (χ1v) is 12.6. The van der Waals surface area contributed by atoms with Gasteiger partial charge in [-0.25, -0.2) is 0 Å². The van der Waals surface area contributed by atoms with Crippen LogP contribution in [0, 0.1) is 5.92 Å². The molecule has 178 valence electrons. The second-order valence-corrected chi connectivity index (χ2v) is 10.1. The molecule has 0 aliphatic rings. The molecule has 0 aliphatic carbocycles. The lowest BCUT2D eigenvalue weighted by Gasteiger charge is -2.32. The summed E-state index contributed by atoms with van der Waals surface area (Å²) in [5.74, 6) is 0.00689. The molecule has 0 saturated carbocycles. The van der Waals surface area contributed by atoms with Gasteiger partial charge in [-0.05, 0) is 40.8 Å². The van der Waals surface area contributed by atoms with Crippen molar-refractivity contribution in [2.24, 2.45) is 5.92 Å². The Balaban J connectivity index is 1.97. The zero-order valence-corrected chi connectivity index (χ0v) is 21.9. The van der Waals surface area contributed by atoms with Crippen LogP contribution in [0.15, 0.2) is 83.3 Å². The zero-order valence-electron chi connectivity index (χ0n) is 19.5. The van der Waals surface area contributed by atoms with Crippen molar-refractivity contribution in [3.05, 3.63) is 105 Å².